The van der Waals surface area contributed by atoms with Gasteiger partial charge in [-0.05, 0) is 44.4 Å². The maximum atomic E-state index is 12.1. The highest BCUT2D eigenvalue weighted by Crippen LogP contribution is 2.11. The van der Waals surface area contributed by atoms with Crippen molar-refractivity contribution in [3.63, 3.8) is 0 Å². The number of nitrogens with one attached hydrogen (secondary N) is 1. The van der Waals surface area contributed by atoms with E-state index >= 15 is 0 Å². The molecule has 0 spiro atoms. The molecule has 25 heavy (non-hydrogen) atoms. The van der Waals surface area contributed by atoms with Gasteiger partial charge >= 0.3 is 5.97 Å². The molecule has 0 saturated heterocycles. The van der Waals surface area contributed by atoms with Crippen molar-refractivity contribution in [3.8, 4) is 0 Å². The van der Waals surface area contributed by atoms with Crippen LogP contribution in [0.4, 0.5) is 0 Å². The first-order valence-electron chi connectivity index (χ1n) is 8.52. The van der Waals surface area contributed by atoms with E-state index in [0.717, 1.165) is 16.7 Å². The summed E-state index contributed by atoms with van der Waals surface area (Å²) in [6.07, 6.45) is 1.13. The highest BCUT2D eigenvalue weighted by atomic mass is 16.5. The molecular formula is C21H25NO3. The van der Waals surface area contributed by atoms with E-state index in [2.05, 4.69) is 5.32 Å². The van der Waals surface area contributed by atoms with Gasteiger partial charge in [-0.15, -0.1) is 0 Å². The van der Waals surface area contributed by atoms with Gasteiger partial charge in [0.1, 0.15) is 6.61 Å². The first kappa shape index (κ1) is 18.7. The molecule has 0 radical (unpaired) electrons. The number of benzene rings is 2. The molecule has 4 heteroatoms. The van der Waals surface area contributed by atoms with Crippen LogP contribution in [0.3, 0.4) is 0 Å². The topological polar surface area (TPSA) is 55.4 Å². The molecule has 0 aromatic heterocycles. The van der Waals surface area contributed by atoms with E-state index in [0.29, 0.717) is 24.9 Å². The Balaban J connectivity index is 1.68. The lowest BCUT2D eigenvalue weighted by atomic mass is 10.1. The molecule has 1 amide bonds. The van der Waals surface area contributed by atoms with Crippen molar-refractivity contribution < 1.29 is 14.3 Å². The highest BCUT2D eigenvalue weighted by molar-refractivity contribution is 5.91. The molecule has 4 nitrogen and oxygen atoms in total. The summed E-state index contributed by atoms with van der Waals surface area (Å²) in [7, 11) is 0. The minimum Gasteiger partial charge on any atom is -0.460 e. The van der Waals surface area contributed by atoms with E-state index in [9.17, 15) is 9.59 Å². The van der Waals surface area contributed by atoms with Crippen LogP contribution in [0.5, 0.6) is 0 Å². The molecule has 1 N–H and O–H groups in total. The van der Waals surface area contributed by atoms with Crippen LogP contribution < -0.4 is 5.32 Å². The summed E-state index contributed by atoms with van der Waals surface area (Å²) in [5, 5.41) is 2.78. The first-order chi connectivity index (χ1) is 12.0. The molecule has 0 atom stereocenters. The van der Waals surface area contributed by atoms with Gasteiger partial charge < -0.3 is 10.1 Å². The molecule has 0 heterocycles. The number of rotatable bonds is 7. The third kappa shape index (κ3) is 6.07. The van der Waals surface area contributed by atoms with Gasteiger partial charge in [0.25, 0.3) is 0 Å². The van der Waals surface area contributed by atoms with Gasteiger partial charge in [-0.1, -0.05) is 47.5 Å². The van der Waals surface area contributed by atoms with Crippen LogP contribution in [0.25, 0.3) is 0 Å². The van der Waals surface area contributed by atoms with Crippen molar-refractivity contribution in [2.24, 2.45) is 0 Å². The summed E-state index contributed by atoms with van der Waals surface area (Å²) in [6, 6.07) is 13.8. The average molecular weight is 339 g/mol. The number of hydrogen-bond acceptors (Lipinski definition) is 3. The van der Waals surface area contributed by atoms with E-state index in [1.54, 1.807) is 0 Å². The molecule has 132 valence electrons. The molecule has 0 unspecified atom stereocenters. The molecule has 0 aliphatic carbocycles. The Kier molecular flexibility index (Phi) is 6.75. The number of hydrogen-bond donors (Lipinski definition) is 1. The second-order valence-electron chi connectivity index (χ2n) is 6.29. The van der Waals surface area contributed by atoms with E-state index in [-0.39, 0.29) is 18.5 Å². The second kappa shape index (κ2) is 9.02. The lowest BCUT2D eigenvalue weighted by molar-refractivity contribution is -0.121. The molecule has 0 fully saturated rings. The van der Waals surface area contributed by atoms with Crippen molar-refractivity contribution in [2.75, 3.05) is 13.2 Å². The Labute approximate surface area is 149 Å². The Morgan fingerprint density at radius 3 is 2.36 bits per heavy atom. The van der Waals surface area contributed by atoms with Gasteiger partial charge in [0, 0.05) is 6.42 Å². The predicted octanol–water partition coefficient (Wildman–Crippen LogP) is 3.52. The van der Waals surface area contributed by atoms with Crippen LogP contribution in [0.1, 0.15) is 39.0 Å². The van der Waals surface area contributed by atoms with Crippen LogP contribution in [-0.2, 0) is 16.0 Å². The van der Waals surface area contributed by atoms with Crippen LogP contribution in [0.15, 0.2) is 42.5 Å². The van der Waals surface area contributed by atoms with Gasteiger partial charge in [-0.25, -0.2) is 4.79 Å². The van der Waals surface area contributed by atoms with Crippen molar-refractivity contribution in [3.05, 3.63) is 70.3 Å². The van der Waals surface area contributed by atoms with Crippen LogP contribution in [0, 0.1) is 20.8 Å². The number of carbonyl (C=O) groups excluding carboxylic acids is 2. The van der Waals surface area contributed by atoms with Gasteiger partial charge in [-0.3, -0.25) is 4.79 Å². The summed E-state index contributed by atoms with van der Waals surface area (Å²) < 4.78 is 5.24. The average Bonchev–Trinajstić information content (AvgIpc) is 2.60. The second-order valence-corrected chi connectivity index (χ2v) is 6.29. The van der Waals surface area contributed by atoms with Crippen molar-refractivity contribution in [1.29, 1.82) is 0 Å². The largest absolute Gasteiger partial charge is 0.460 e. The fourth-order valence-electron chi connectivity index (χ4n) is 2.47. The zero-order valence-corrected chi connectivity index (χ0v) is 15.1. The molecule has 0 aliphatic heterocycles. The lowest BCUT2D eigenvalue weighted by Crippen LogP contribution is -2.28. The SMILES string of the molecule is Cc1ccc(CCC(=O)NCCOC(=O)c2cc(C)ccc2C)cc1. The number of ether oxygens (including phenoxy) is 1. The molecule has 0 aliphatic rings. The maximum absolute atomic E-state index is 12.1. The van der Waals surface area contributed by atoms with Crippen molar-refractivity contribution >= 4 is 11.9 Å². The Morgan fingerprint density at radius 1 is 0.960 bits per heavy atom. The third-order valence-corrected chi connectivity index (χ3v) is 4.03. The Bertz CT molecular complexity index is 735. The third-order valence-electron chi connectivity index (χ3n) is 4.03. The van der Waals surface area contributed by atoms with Crippen LogP contribution in [-0.4, -0.2) is 25.0 Å². The van der Waals surface area contributed by atoms with E-state index in [4.69, 9.17) is 4.74 Å². The Morgan fingerprint density at radius 2 is 1.64 bits per heavy atom. The summed E-state index contributed by atoms with van der Waals surface area (Å²) in [4.78, 5) is 23.9. The molecular weight excluding hydrogens is 314 g/mol. The Hall–Kier alpha value is -2.62. The summed E-state index contributed by atoms with van der Waals surface area (Å²) >= 11 is 0. The number of amides is 1. The quantitative estimate of drug-likeness (QED) is 0.620. The van der Waals surface area contributed by atoms with Gasteiger partial charge in [0.05, 0.1) is 12.1 Å². The minimum absolute atomic E-state index is 0.0386. The summed E-state index contributed by atoms with van der Waals surface area (Å²) in [5.74, 6) is -0.390. The number of esters is 1. The minimum atomic E-state index is -0.352. The first-order valence-corrected chi connectivity index (χ1v) is 8.52. The fourth-order valence-corrected chi connectivity index (χ4v) is 2.47. The van der Waals surface area contributed by atoms with Gasteiger partial charge in [-0.2, -0.15) is 0 Å². The monoisotopic (exact) mass is 339 g/mol. The summed E-state index contributed by atoms with van der Waals surface area (Å²) in [5.41, 5.74) is 4.83. The van der Waals surface area contributed by atoms with Crippen LogP contribution in [0.2, 0.25) is 0 Å². The van der Waals surface area contributed by atoms with E-state index in [1.807, 2.05) is 63.2 Å². The van der Waals surface area contributed by atoms with Crippen LogP contribution >= 0.6 is 0 Å². The normalized spacial score (nSPS) is 10.4. The highest BCUT2D eigenvalue weighted by Gasteiger charge is 2.10. The zero-order valence-electron chi connectivity index (χ0n) is 15.1. The van der Waals surface area contributed by atoms with Gasteiger partial charge in [0.2, 0.25) is 5.91 Å². The van der Waals surface area contributed by atoms with Crippen molar-refractivity contribution in [1.82, 2.24) is 5.32 Å². The molecule has 0 bridgehead atoms. The molecule has 2 rings (SSSR count). The molecule has 2 aromatic rings. The smallest absolute Gasteiger partial charge is 0.338 e. The number of carbonyl (C=O) groups is 2. The zero-order chi connectivity index (χ0) is 18.2. The van der Waals surface area contributed by atoms with Gasteiger partial charge in [0.15, 0.2) is 0 Å². The standard InChI is InChI=1S/C21H25NO3/c1-15-5-8-18(9-6-15)10-11-20(23)22-12-13-25-21(24)19-14-16(2)4-7-17(19)3/h4-9,14H,10-13H2,1-3H3,(H,22,23). The molecule has 0 saturated carbocycles. The summed E-state index contributed by atoms with van der Waals surface area (Å²) in [6.45, 7) is 6.34. The maximum Gasteiger partial charge on any atom is 0.338 e. The fraction of sp³-hybridized carbons (Fsp3) is 0.333. The molecule has 2 aromatic carbocycles. The number of aryl methyl sites for hydroxylation is 4. The predicted molar refractivity (Wildman–Crippen MR) is 98.7 cm³/mol. The van der Waals surface area contributed by atoms with Crippen molar-refractivity contribution in [2.45, 2.75) is 33.6 Å². The van der Waals surface area contributed by atoms with E-state index in [1.165, 1.54) is 5.56 Å². The lowest BCUT2D eigenvalue weighted by Gasteiger charge is -2.09. The van der Waals surface area contributed by atoms with E-state index < -0.39 is 0 Å².